The number of phenols is 1. The van der Waals surface area contributed by atoms with Crippen molar-refractivity contribution in [3.8, 4) is 5.75 Å². The fourth-order valence-electron chi connectivity index (χ4n) is 2.29. The van der Waals surface area contributed by atoms with E-state index in [1.807, 2.05) is 0 Å². The smallest absolute Gasteiger partial charge is 0.246 e. The van der Waals surface area contributed by atoms with Gasteiger partial charge in [-0.1, -0.05) is 12.1 Å². The van der Waals surface area contributed by atoms with Gasteiger partial charge in [0.25, 0.3) is 0 Å². The molecular weight excluding hydrogens is 266 g/mol. The number of aliphatic hydroxyl groups is 1. The number of hydrogen-bond acceptors (Lipinski definition) is 4. The van der Waals surface area contributed by atoms with Crippen LogP contribution < -0.4 is 0 Å². The molecule has 2 rings (SSSR count). The van der Waals surface area contributed by atoms with Crippen molar-refractivity contribution in [3.05, 3.63) is 24.3 Å². The van der Waals surface area contributed by atoms with E-state index in [-0.39, 0.29) is 17.2 Å². The zero-order chi connectivity index (χ0) is 14.1. The summed E-state index contributed by atoms with van der Waals surface area (Å²) in [6.07, 6.45) is 1.60. The fraction of sp³-hybridized carbons (Fsp3) is 0.538. The molecule has 1 aromatic rings. The first-order valence-corrected chi connectivity index (χ1v) is 7.77. The molecule has 1 aliphatic heterocycles. The van der Waals surface area contributed by atoms with Crippen molar-refractivity contribution < 1.29 is 18.6 Å². The molecular formula is C13H19NO4S. The third-order valence-electron chi connectivity index (χ3n) is 3.51. The molecule has 19 heavy (non-hydrogen) atoms. The van der Waals surface area contributed by atoms with Crippen molar-refractivity contribution in [1.29, 1.82) is 0 Å². The van der Waals surface area contributed by atoms with Crippen LogP contribution in [0.25, 0.3) is 0 Å². The van der Waals surface area contributed by atoms with Crippen molar-refractivity contribution in [2.75, 3.05) is 13.1 Å². The van der Waals surface area contributed by atoms with Gasteiger partial charge in [0.15, 0.2) is 0 Å². The monoisotopic (exact) mass is 285 g/mol. The molecule has 1 aromatic carbocycles. The van der Waals surface area contributed by atoms with Crippen molar-refractivity contribution in [3.63, 3.8) is 0 Å². The molecule has 2 N–H and O–H groups in total. The predicted octanol–water partition coefficient (Wildman–Crippen LogP) is 1.32. The fourth-order valence-corrected chi connectivity index (χ4v) is 3.86. The van der Waals surface area contributed by atoms with Gasteiger partial charge < -0.3 is 10.2 Å². The second-order valence-corrected chi connectivity index (χ2v) is 7.13. The normalized spacial score (nSPS) is 26.0. The van der Waals surface area contributed by atoms with E-state index in [0.29, 0.717) is 25.8 Å². The van der Waals surface area contributed by atoms with Crippen LogP contribution in [0.4, 0.5) is 0 Å². The molecule has 1 saturated heterocycles. The van der Waals surface area contributed by atoms with Crippen molar-refractivity contribution >= 4 is 10.0 Å². The summed E-state index contributed by atoms with van der Waals surface area (Å²) in [5.41, 5.74) is -0.816. The number of benzene rings is 1. The second-order valence-electron chi connectivity index (χ2n) is 5.22. The third kappa shape index (κ3) is 3.08. The molecule has 1 unspecified atom stereocenters. The van der Waals surface area contributed by atoms with E-state index in [0.717, 1.165) is 0 Å². The number of para-hydroxylation sites is 1. The highest BCUT2D eigenvalue weighted by molar-refractivity contribution is 7.89. The summed E-state index contributed by atoms with van der Waals surface area (Å²) in [6.45, 7) is 2.36. The van der Waals surface area contributed by atoms with Gasteiger partial charge in [-0.25, -0.2) is 8.42 Å². The minimum Gasteiger partial charge on any atom is -0.507 e. The van der Waals surface area contributed by atoms with E-state index < -0.39 is 15.6 Å². The Morgan fingerprint density at radius 3 is 2.58 bits per heavy atom. The Hall–Kier alpha value is -1.11. The second kappa shape index (κ2) is 5.11. The van der Waals surface area contributed by atoms with Gasteiger partial charge in [0, 0.05) is 13.1 Å². The van der Waals surface area contributed by atoms with Crippen LogP contribution in [0.3, 0.4) is 0 Å². The highest BCUT2D eigenvalue weighted by Gasteiger charge is 2.32. The van der Waals surface area contributed by atoms with E-state index in [9.17, 15) is 18.6 Å². The van der Waals surface area contributed by atoms with Crippen molar-refractivity contribution in [1.82, 2.24) is 4.31 Å². The molecule has 0 bridgehead atoms. The van der Waals surface area contributed by atoms with Gasteiger partial charge in [-0.15, -0.1) is 0 Å². The lowest BCUT2D eigenvalue weighted by molar-refractivity contribution is 0.0465. The average Bonchev–Trinajstić information content (AvgIpc) is 2.51. The molecule has 0 aliphatic carbocycles. The largest absolute Gasteiger partial charge is 0.507 e. The van der Waals surface area contributed by atoms with Gasteiger partial charge in [0.2, 0.25) is 10.0 Å². The maximum Gasteiger partial charge on any atom is 0.246 e. The number of hydrogen-bond donors (Lipinski definition) is 2. The first-order valence-electron chi connectivity index (χ1n) is 6.33. The minimum atomic E-state index is -3.69. The molecule has 1 heterocycles. The Labute approximate surface area is 113 Å². The molecule has 0 saturated carbocycles. The summed E-state index contributed by atoms with van der Waals surface area (Å²) in [4.78, 5) is -0.0726. The molecule has 106 valence electrons. The molecule has 6 heteroatoms. The van der Waals surface area contributed by atoms with Gasteiger partial charge in [0.1, 0.15) is 10.6 Å². The molecule has 5 nitrogen and oxygen atoms in total. The van der Waals surface area contributed by atoms with Crippen LogP contribution in [0.1, 0.15) is 26.2 Å². The van der Waals surface area contributed by atoms with Crippen LogP contribution in [0.2, 0.25) is 0 Å². The summed E-state index contributed by atoms with van der Waals surface area (Å²) >= 11 is 0. The first-order chi connectivity index (χ1) is 8.83. The summed E-state index contributed by atoms with van der Waals surface area (Å²) in [5.74, 6) is -0.237. The molecule has 1 aliphatic rings. The summed E-state index contributed by atoms with van der Waals surface area (Å²) in [7, 11) is -3.69. The van der Waals surface area contributed by atoms with Gasteiger partial charge in [-0.2, -0.15) is 4.31 Å². The Morgan fingerprint density at radius 2 is 1.89 bits per heavy atom. The van der Waals surface area contributed by atoms with Gasteiger partial charge in [0.05, 0.1) is 5.60 Å². The van der Waals surface area contributed by atoms with Crippen LogP contribution in [0.5, 0.6) is 5.75 Å². The van der Waals surface area contributed by atoms with E-state index in [1.54, 1.807) is 19.1 Å². The SMILES string of the molecule is CC1(O)CCCN(S(=O)(=O)c2ccccc2O)CC1. The quantitative estimate of drug-likeness (QED) is 0.859. The van der Waals surface area contributed by atoms with Crippen LogP contribution in [0, 0.1) is 0 Å². The molecule has 0 spiro atoms. The Kier molecular flexibility index (Phi) is 3.85. The Balaban J connectivity index is 2.28. The molecule has 0 radical (unpaired) electrons. The maximum atomic E-state index is 12.5. The maximum absolute atomic E-state index is 12.5. The summed E-state index contributed by atoms with van der Waals surface area (Å²) in [5, 5.41) is 19.7. The van der Waals surface area contributed by atoms with Gasteiger partial charge in [-0.05, 0) is 38.3 Å². The van der Waals surface area contributed by atoms with Crippen LogP contribution in [-0.2, 0) is 10.0 Å². The molecule has 1 fully saturated rings. The lowest BCUT2D eigenvalue weighted by atomic mass is 9.98. The van der Waals surface area contributed by atoms with E-state index in [4.69, 9.17) is 0 Å². The molecule has 1 atom stereocenters. The summed E-state index contributed by atoms with van der Waals surface area (Å²) in [6, 6.07) is 5.93. The first kappa shape index (κ1) is 14.3. The average molecular weight is 285 g/mol. The van der Waals surface area contributed by atoms with Crippen LogP contribution >= 0.6 is 0 Å². The highest BCUT2D eigenvalue weighted by atomic mass is 32.2. The number of sulfonamides is 1. The lowest BCUT2D eigenvalue weighted by Gasteiger charge is -2.22. The topological polar surface area (TPSA) is 77.8 Å². The van der Waals surface area contributed by atoms with E-state index in [1.165, 1.54) is 16.4 Å². The van der Waals surface area contributed by atoms with Crippen molar-refractivity contribution in [2.24, 2.45) is 0 Å². The Morgan fingerprint density at radius 1 is 1.21 bits per heavy atom. The lowest BCUT2D eigenvalue weighted by Crippen LogP contribution is -2.33. The van der Waals surface area contributed by atoms with Crippen LogP contribution in [0.15, 0.2) is 29.2 Å². The minimum absolute atomic E-state index is 0.0726. The number of nitrogens with zero attached hydrogens (tertiary/aromatic N) is 1. The number of phenolic OH excluding ortho intramolecular Hbond substituents is 1. The van der Waals surface area contributed by atoms with E-state index >= 15 is 0 Å². The summed E-state index contributed by atoms with van der Waals surface area (Å²) < 4.78 is 26.2. The number of rotatable bonds is 2. The third-order valence-corrected chi connectivity index (χ3v) is 5.45. The van der Waals surface area contributed by atoms with Gasteiger partial charge in [-0.3, -0.25) is 0 Å². The van der Waals surface area contributed by atoms with E-state index in [2.05, 4.69) is 0 Å². The molecule has 0 aromatic heterocycles. The zero-order valence-corrected chi connectivity index (χ0v) is 11.7. The Bertz CT molecular complexity index is 554. The van der Waals surface area contributed by atoms with Gasteiger partial charge >= 0.3 is 0 Å². The highest BCUT2D eigenvalue weighted by Crippen LogP contribution is 2.29. The van der Waals surface area contributed by atoms with Crippen LogP contribution in [-0.4, -0.2) is 41.6 Å². The molecule has 0 amide bonds. The van der Waals surface area contributed by atoms with Crippen molar-refractivity contribution in [2.45, 2.75) is 36.7 Å². The standard InChI is InChI=1S/C13H19NO4S/c1-13(16)7-4-9-14(10-8-13)19(17,18)12-6-3-2-5-11(12)15/h2-3,5-6,15-16H,4,7-10H2,1H3. The number of aromatic hydroxyl groups is 1. The predicted molar refractivity (Wildman–Crippen MR) is 71.3 cm³/mol. The zero-order valence-electron chi connectivity index (χ0n) is 10.9.